The number of carbonyl (C=O) groups excluding carboxylic acids is 1. The van der Waals surface area contributed by atoms with E-state index in [0.717, 1.165) is 10.5 Å². The third kappa shape index (κ3) is 2.99. The summed E-state index contributed by atoms with van der Waals surface area (Å²) in [5.41, 5.74) is 5.02. The molecular formula is C9H10N4O3S. The third-order valence-electron chi connectivity index (χ3n) is 1.94. The molecule has 0 aliphatic rings. The molecule has 0 aliphatic heterocycles. The van der Waals surface area contributed by atoms with Gasteiger partial charge in [0, 0.05) is 13.2 Å². The Balaban J connectivity index is 3.05. The zero-order valence-corrected chi connectivity index (χ0v) is 9.81. The molecule has 1 amide bonds. The second-order valence-electron chi connectivity index (χ2n) is 3.22. The lowest BCUT2D eigenvalue weighted by Gasteiger charge is -2.14. The summed E-state index contributed by atoms with van der Waals surface area (Å²) >= 11 is 0. The smallest absolute Gasteiger partial charge is 0.244 e. The normalized spacial score (nSPS) is 11.1. The lowest BCUT2D eigenvalue weighted by molar-refractivity contribution is -0.118. The van der Waals surface area contributed by atoms with Gasteiger partial charge in [-0.25, -0.2) is 13.4 Å². The fraction of sp³-hybridized carbons (Fsp3) is 0.222. The number of amides is 1. The van der Waals surface area contributed by atoms with Crippen LogP contribution in [-0.4, -0.2) is 37.2 Å². The van der Waals surface area contributed by atoms with Crippen LogP contribution < -0.4 is 5.73 Å². The van der Waals surface area contributed by atoms with Crippen molar-refractivity contribution in [2.45, 2.75) is 4.90 Å². The van der Waals surface area contributed by atoms with Gasteiger partial charge in [-0.05, 0) is 12.1 Å². The second-order valence-corrected chi connectivity index (χ2v) is 5.26. The lowest BCUT2D eigenvalue weighted by atomic mass is 10.4. The highest BCUT2D eigenvalue weighted by atomic mass is 32.2. The number of aromatic nitrogens is 1. The molecule has 17 heavy (non-hydrogen) atoms. The first-order chi connectivity index (χ1) is 7.87. The van der Waals surface area contributed by atoms with E-state index in [0.29, 0.717) is 0 Å². The van der Waals surface area contributed by atoms with Crippen molar-refractivity contribution in [3.8, 4) is 6.07 Å². The predicted octanol–water partition coefficient (Wildman–Crippen LogP) is -0.941. The number of rotatable bonds is 4. The summed E-state index contributed by atoms with van der Waals surface area (Å²) in [4.78, 5) is 14.2. The highest BCUT2D eigenvalue weighted by Crippen LogP contribution is 2.12. The van der Waals surface area contributed by atoms with Crippen molar-refractivity contribution >= 4 is 15.9 Å². The minimum absolute atomic E-state index is 0.0970. The van der Waals surface area contributed by atoms with Crippen molar-refractivity contribution in [2.75, 3.05) is 13.6 Å². The molecule has 0 bridgehead atoms. The summed E-state index contributed by atoms with van der Waals surface area (Å²) in [7, 11) is -2.56. The molecular weight excluding hydrogens is 244 g/mol. The van der Waals surface area contributed by atoms with E-state index in [2.05, 4.69) is 4.98 Å². The Labute approximate surface area is 98.5 Å². The van der Waals surface area contributed by atoms with Gasteiger partial charge in [0.1, 0.15) is 16.7 Å². The van der Waals surface area contributed by atoms with Gasteiger partial charge in [-0.1, -0.05) is 0 Å². The van der Waals surface area contributed by atoms with Crippen molar-refractivity contribution in [3.63, 3.8) is 0 Å². The molecule has 0 fully saturated rings. The highest BCUT2D eigenvalue weighted by molar-refractivity contribution is 7.89. The molecule has 90 valence electrons. The van der Waals surface area contributed by atoms with Gasteiger partial charge in [0.05, 0.1) is 6.54 Å². The van der Waals surface area contributed by atoms with Crippen LogP contribution in [0.25, 0.3) is 0 Å². The summed E-state index contributed by atoms with van der Waals surface area (Å²) < 4.78 is 24.5. The molecule has 0 saturated carbocycles. The number of carbonyl (C=O) groups is 1. The average Bonchev–Trinajstić information content (AvgIpc) is 2.28. The van der Waals surface area contributed by atoms with Crippen molar-refractivity contribution in [1.29, 1.82) is 5.26 Å². The summed E-state index contributed by atoms with van der Waals surface area (Å²) in [6, 6.07) is 4.30. The Morgan fingerprint density at radius 1 is 1.59 bits per heavy atom. The van der Waals surface area contributed by atoms with Crippen LogP contribution in [-0.2, 0) is 14.8 Å². The molecule has 7 nitrogen and oxygen atoms in total. The molecule has 0 spiro atoms. The molecule has 0 aromatic carbocycles. The number of sulfonamides is 1. The first-order valence-corrected chi connectivity index (χ1v) is 5.92. The van der Waals surface area contributed by atoms with Crippen molar-refractivity contribution < 1.29 is 13.2 Å². The van der Waals surface area contributed by atoms with Gasteiger partial charge in [-0.15, -0.1) is 0 Å². The van der Waals surface area contributed by atoms with Crippen molar-refractivity contribution in [2.24, 2.45) is 5.73 Å². The summed E-state index contributed by atoms with van der Waals surface area (Å²) in [6.07, 6.45) is 1.06. The van der Waals surface area contributed by atoms with E-state index in [9.17, 15) is 13.2 Å². The number of nitrogens with two attached hydrogens (primary N) is 1. The van der Waals surface area contributed by atoms with Crippen LogP contribution >= 0.6 is 0 Å². The van der Waals surface area contributed by atoms with E-state index >= 15 is 0 Å². The standard InChI is InChI=1S/C9H10N4O3S/c1-13(6-9(11)14)17(15,16)8-3-2-7(4-10)12-5-8/h2-3,5H,6H2,1H3,(H2,11,14). The largest absolute Gasteiger partial charge is 0.369 e. The second kappa shape index (κ2) is 4.90. The van der Waals surface area contributed by atoms with E-state index in [1.807, 2.05) is 0 Å². The third-order valence-corrected chi connectivity index (χ3v) is 3.72. The molecule has 0 saturated heterocycles. The van der Waals surface area contributed by atoms with Crippen LogP contribution in [0.1, 0.15) is 5.69 Å². The van der Waals surface area contributed by atoms with Gasteiger partial charge >= 0.3 is 0 Å². The van der Waals surface area contributed by atoms with E-state index < -0.39 is 22.5 Å². The molecule has 1 aromatic rings. The number of primary amides is 1. The minimum atomic E-state index is -3.80. The lowest BCUT2D eigenvalue weighted by Crippen LogP contribution is -2.35. The monoisotopic (exact) mass is 254 g/mol. The van der Waals surface area contributed by atoms with Crippen LogP contribution in [0.3, 0.4) is 0 Å². The number of hydrogen-bond acceptors (Lipinski definition) is 5. The molecule has 1 heterocycles. The van der Waals surface area contributed by atoms with Crippen LogP contribution in [0, 0.1) is 11.3 Å². The maximum Gasteiger partial charge on any atom is 0.244 e. The number of nitrogens with zero attached hydrogens (tertiary/aromatic N) is 3. The van der Waals surface area contributed by atoms with Gasteiger partial charge in [0.15, 0.2) is 0 Å². The number of hydrogen-bond donors (Lipinski definition) is 1. The van der Waals surface area contributed by atoms with Crippen LogP contribution in [0.15, 0.2) is 23.2 Å². The summed E-state index contributed by atoms with van der Waals surface area (Å²) in [5, 5.41) is 8.53. The first-order valence-electron chi connectivity index (χ1n) is 4.48. The Morgan fingerprint density at radius 3 is 2.65 bits per heavy atom. The van der Waals surface area contributed by atoms with Crippen LogP contribution in [0.4, 0.5) is 0 Å². The van der Waals surface area contributed by atoms with Crippen LogP contribution in [0.5, 0.6) is 0 Å². The molecule has 2 N–H and O–H groups in total. The molecule has 0 unspecified atom stereocenters. The SMILES string of the molecule is CN(CC(N)=O)S(=O)(=O)c1ccc(C#N)nc1. The Kier molecular flexibility index (Phi) is 3.77. The fourth-order valence-electron chi connectivity index (χ4n) is 1.08. The van der Waals surface area contributed by atoms with Gasteiger partial charge in [-0.2, -0.15) is 9.57 Å². The highest BCUT2D eigenvalue weighted by Gasteiger charge is 2.22. The molecule has 8 heteroatoms. The van der Waals surface area contributed by atoms with Crippen molar-refractivity contribution in [3.05, 3.63) is 24.0 Å². The van der Waals surface area contributed by atoms with Crippen LogP contribution in [0.2, 0.25) is 0 Å². The van der Waals surface area contributed by atoms with E-state index in [1.165, 1.54) is 19.2 Å². The average molecular weight is 254 g/mol. The molecule has 1 rings (SSSR count). The maximum absolute atomic E-state index is 11.9. The van der Waals surface area contributed by atoms with E-state index in [1.54, 1.807) is 6.07 Å². The quantitative estimate of drug-likeness (QED) is 0.744. The molecule has 1 aromatic heterocycles. The number of likely N-dealkylation sites (N-methyl/N-ethyl adjacent to an activating group) is 1. The molecule has 0 aliphatic carbocycles. The van der Waals surface area contributed by atoms with E-state index in [-0.39, 0.29) is 10.6 Å². The maximum atomic E-state index is 11.9. The van der Waals surface area contributed by atoms with Crippen molar-refractivity contribution in [1.82, 2.24) is 9.29 Å². The zero-order chi connectivity index (χ0) is 13.1. The number of pyridine rings is 1. The predicted molar refractivity (Wildman–Crippen MR) is 58.0 cm³/mol. The summed E-state index contributed by atoms with van der Waals surface area (Å²) in [6.45, 7) is -0.414. The fourth-order valence-corrected chi connectivity index (χ4v) is 2.17. The first kappa shape index (κ1) is 13.1. The zero-order valence-electron chi connectivity index (χ0n) is 8.99. The Hall–Kier alpha value is -1.98. The van der Waals surface area contributed by atoms with Gasteiger partial charge in [-0.3, -0.25) is 4.79 Å². The van der Waals surface area contributed by atoms with E-state index in [4.69, 9.17) is 11.0 Å². The Bertz CT molecular complexity index is 559. The van der Waals surface area contributed by atoms with Gasteiger partial charge in [0.25, 0.3) is 0 Å². The number of nitriles is 1. The topological polar surface area (TPSA) is 117 Å². The minimum Gasteiger partial charge on any atom is -0.369 e. The Morgan fingerprint density at radius 2 is 2.24 bits per heavy atom. The molecule has 0 atom stereocenters. The summed E-state index contributed by atoms with van der Waals surface area (Å²) in [5.74, 6) is -0.752. The molecule has 0 radical (unpaired) electrons. The van der Waals surface area contributed by atoms with Gasteiger partial charge < -0.3 is 5.73 Å². The van der Waals surface area contributed by atoms with Gasteiger partial charge in [0.2, 0.25) is 15.9 Å².